The second kappa shape index (κ2) is 6.46. The van der Waals surface area contributed by atoms with Crippen LogP contribution in [0.2, 0.25) is 0 Å². The molecule has 0 aliphatic heterocycles. The first kappa shape index (κ1) is 11.9. The molecule has 4 nitrogen and oxygen atoms in total. The van der Waals surface area contributed by atoms with E-state index >= 15 is 0 Å². The summed E-state index contributed by atoms with van der Waals surface area (Å²) in [5, 5.41) is 8.25. The first-order valence-electron chi connectivity index (χ1n) is 4.43. The monoisotopic (exact) mass is 188 g/mol. The molecule has 0 rings (SSSR count). The standard InChI is InChI=1S/C9H16O4/c1-3-4-7(2)6-13-9(12)5-8(10)11/h7H,3-6H2,1-2H3,(H,10,11). The van der Waals surface area contributed by atoms with Crippen LogP contribution >= 0.6 is 0 Å². The Hall–Kier alpha value is -1.06. The zero-order chi connectivity index (χ0) is 10.3. The lowest BCUT2D eigenvalue weighted by molar-refractivity contribution is -0.152. The highest BCUT2D eigenvalue weighted by molar-refractivity contribution is 5.90. The van der Waals surface area contributed by atoms with Crippen molar-refractivity contribution in [2.75, 3.05) is 6.61 Å². The molecular weight excluding hydrogens is 172 g/mol. The topological polar surface area (TPSA) is 63.6 Å². The third-order valence-corrected chi connectivity index (χ3v) is 1.61. The lowest BCUT2D eigenvalue weighted by Crippen LogP contribution is -2.14. The summed E-state index contributed by atoms with van der Waals surface area (Å²) in [4.78, 5) is 20.8. The highest BCUT2D eigenvalue weighted by Gasteiger charge is 2.10. The van der Waals surface area contributed by atoms with Crippen molar-refractivity contribution in [2.45, 2.75) is 33.1 Å². The average Bonchev–Trinajstić information content (AvgIpc) is 2.00. The molecule has 13 heavy (non-hydrogen) atoms. The van der Waals surface area contributed by atoms with Gasteiger partial charge in [-0.2, -0.15) is 0 Å². The van der Waals surface area contributed by atoms with Gasteiger partial charge in [0.1, 0.15) is 6.42 Å². The summed E-state index contributed by atoms with van der Waals surface area (Å²) in [6, 6.07) is 0. The van der Waals surface area contributed by atoms with E-state index in [0.29, 0.717) is 12.5 Å². The van der Waals surface area contributed by atoms with E-state index in [2.05, 4.69) is 6.92 Å². The number of rotatable bonds is 6. The van der Waals surface area contributed by atoms with Crippen molar-refractivity contribution in [3.8, 4) is 0 Å². The molecule has 1 N–H and O–H groups in total. The maximum Gasteiger partial charge on any atom is 0.317 e. The molecule has 0 heterocycles. The molecule has 0 aromatic heterocycles. The van der Waals surface area contributed by atoms with E-state index in [0.717, 1.165) is 12.8 Å². The lowest BCUT2D eigenvalue weighted by Gasteiger charge is -2.09. The molecule has 0 bridgehead atoms. The molecule has 0 spiro atoms. The van der Waals surface area contributed by atoms with Crippen molar-refractivity contribution < 1.29 is 19.4 Å². The maximum atomic E-state index is 10.8. The summed E-state index contributed by atoms with van der Waals surface area (Å²) in [7, 11) is 0. The molecule has 0 aliphatic carbocycles. The summed E-state index contributed by atoms with van der Waals surface area (Å²) in [6.45, 7) is 4.34. The zero-order valence-electron chi connectivity index (χ0n) is 8.08. The summed E-state index contributed by atoms with van der Waals surface area (Å²) in [5.74, 6) is -1.49. The Kier molecular flexibility index (Phi) is 5.93. The number of carboxylic acids is 1. The van der Waals surface area contributed by atoms with Crippen LogP contribution in [0, 0.1) is 5.92 Å². The maximum absolute atomic E-state index is 10.8. The summed E-state index contributed by atoms with van der Waals surface area (Å²) in [5.41, 5.74) is 0. The van der Waals surface area contributed by atoms with Crippen LogP contribution < -0.4 is 0 Å². The third kappa shape index (κ3) is 7.31. The molecular formula is C9H16O4. The second-order valence-corrected chi connectivity index (χ2v) is 3.15. The number of ether oxygens (including phenoxy) is 1. The molecule has 0 radical (unpaired) electrons. The summed E-state index contributed by atoms with van der Waals surface area (Å²) < 4.78 is 4.75. The predicted molar refractivity (Wildman–Crippen MR) is 47.3 cm³/mol. The van der Waals surface area contributed by atoms with Gasteiger partial charge in [-0.3, -0.25) is 9.59 Å². The lowest BCUT2D eigenvalue weighted by atomic mass is 10.1. The van der Waals surface area contributed by atoms with Gasteiger partial charge in [-0.15, -0.1) is 0 Å². The highest BCUT2D eigenvalue weighted by Crippen LogP contribution is 2.05. The first-order chi connectivity index (χ1) is 6.06. The Morgan fingerprint density at radius 1 is 1.46 bits per heavy atom. The van der Waals surface area contributed by atoms with Crippen LogP contribution in [-0.2, 0) is 14.3 Å². The van der Waals surface area contributed by atoms with Crippen LogP contribution in [0.1, 0.15) is 33.1 Å². The Morgan fingerprint density at radius 3 is 2.54 bits per heavy atom. The SMILES string of the molecule is CCCC(C)COC(=O)CC(=O)O. The smallest absolute Gasteiger partial charge is 0.317 e. The van der Waals surface area contributed by atoms with Crippen molar-refractivity contribution in [3.05, 3.63) is 0 Å². The van der Waals surface area contributed by atoms with Gasteiger partial charge in [-0.1, -0.05) is 20.3 Å². The normalized spacial score (nSPS) is 12.2. The van der Waals surface area contributed by atoms with Crippen LogP contribution in [0.5, 0.6) is 0 Å². The number of carboxylic acid groups (broad SMARTS) is 1. The molecule has 0 aromatic rings. The molecule has 0 saturated carbocycles. The van der Waals surface area contributed by atoms with E-state index < -0.39 is 18.4 Å². The van der Waals surface area contributed by atoms with Gasteiger partial charge in [0.05, 0.1) is 6.61 Å². The Labute approximate surface area is 77.9 Å². The average molecular weight is 188 g/mol. The number of esters is 1. The van der Waals surface area contributed by atoms with Gasteiger partial charge in [0.15, 0.2) is 0 Å². The number of hydrogen-bond donors (Lipinski definition) is 1. The minimum atomic E-state index is -1.15. The van der Waals surface area contributed by atoms with E-state index in [1.165, 1.54) is 0 Å². The van der Waals surface area contributed by atoms with Crippen molar-refractivity contribution in [3.63, 3.8) is 0 Å². The van der Waals surface area contributed by atoms with Crippen LogP contribution in [0.15, 0.2) is 0 Å². The van der Waals surface area contributed by atoms with Gasteiger partial charge < -0.3 is 9.84 Å². The van der Waals surface area contributed by atoms with Crippen LogP contribution in [0.25, 0.3) is 0 Å². The minimum Gasteiger partial charge on any atom is -0.481 e. The number of carbonyl (C=O) groups excluding carboxylic acids is 1. The molecule has 0 fully saturated rings. The third-order valence-electron chi connectivity index (χ3n) is 1.61. The molecule has 0 amide bonds. The fourth-order valence-corrected chi connectivity index (χ4v) is 0.986. The van der Waals surface area contributed by atoms with Crippen molar-refractivity contribution in [2.24, 2.45) is 5.92 Å². The second-order valence-electron chi connectivity index (χ2n) is 3.15. The van der Waals surface area contributed by atoms with Crippen LogP contribution in [-0.4, -0.2) is 23.7 Å². The Bertz CT molecular complexity index is 176. The van der Waals surface area contributed by atoms with Gasteiger partial charge in [-0.05, 0) is 12.3 Å². The number of carbonyl (C=O) groups is 2. The molecule has 0 aromatic carbocycles. The summed E-state index contributed by atoms with van der Waals surface area (Å²) >= 11 is 0. The van der Waals surface area contributed by atoms with Gasteiger partial charge in [-0.25, -0.2) is 0 Å². The molecule has 1 atom stereocenters. The van der Waals surface area contributed by atoms with Crippen LogP contribution in [0.4, 0.5) is 0 Å². The molecule has 4 heteroatoms. The van der Waals surface area contributed by atoms with Crippen molar-refractivity contribution >= 4 is 11.9 Å². The molecule has 0 aliphatic rings. The molecule has 76 valence electrons. The largest absolute Gasteiger partial charge is 0.481 e. The van der Waals surface area contributed by atoms with Crippen LogP contribution in [0.3, 0.4) is 0 Å². The van der Waals surface area contributed by atoms with E-state index in [4.69, 9.17) is 9.84 Å². The fraction of sp³-hybridized carbons (Fsp3) is 0.778. The Morgan fingerprint density at radius 2 is 2.08 bits per heavy atom. The van der Waals surface area contributed by atoms with Gasteiger partial charge in [0, 0.05) is 0 Å². The molecule has 1 unspecified atom stereocenters. The number of aliphatic carboxylic acids is 1. The zero-order valence-corrected chi connectivity index (χ0v) is 8.08. The minimum absolute atomic E-state index is 0.308. The van der Waals surface area contributed by atoms with E-state index in [9.17, 15) is 9.59 Å². The van der Waals surface area contributed by atoms with Gasteiger partial charge >= 0.3 is 11.9 Å². The highest BCUT2D eigenvalue weighted by atomic mass is 16.5. The molecule has 0 saturated heterocycles. The quantitative estimate of drug-likeness (QED) is 0.506. The van der Waals surface area contributed by atoms with Gasteiger partial charge in [0.2, 0.25) is 0 Å². The Balaban J connectivity index is 3.51. The number of hydrogen-bond acceptors (Lipinski definition) is 3. The van der Waals surface area contributed by atoms with E-state index in [1.807, 2.05) is 6.92 Å². The van der Waals surface area contributed by atoms with Crippen molar-refractivity contribution in [1.82, 2.24) is 0 Å². The van der Waals surface area contributed by atoms with Crippen molar-refractivity contribution in [1.29, 1.82) is 0 Å². The predicted octanol–water partition coefficient (Wildman–Crippen LogP) is 1.44. The summed E-state index contributed by atoms with van der Waals surface area (Å²) in [6.07, 6.45) is 1.48. The van der Waals surface area contributed by atoms with Gasteiger partial charge in [0.25, 0.3) is 0 Å². The van der Waals surface area contributed by atoms with E-state index in [1.54, 1.807) is 0 Å². The fourth-order valence-electron chi connectivity index (χ4n) is 0.986. The van der Waals surface area contributed by atoms with E-state index in [-0.39, 0.29) is 0 Å². The first-order valence-corrected chi connectivity index (χ1v) is 4.43.